The summed E-state index contributed by atoms with van der Waals surface area (Å²) in [4.78, 5) is 14.4. The first-order valence-electron chi connectivity index (χ1n) is 9.07. The molecule has 0 saturated carbocycles. The topological polar surface area (TPSA) is 41.9 Å². The van der Waals surface area contributed by atoms with Crippen LogP contribution in [0.2, 0.25) is 5.02 Å². The van der Waals surface area contributed by atoms with E-state index in [2.05, 4.69) is 6.07 Å². The molecule has 3 heterocycles. The highest BCUT2D eigenvalue weighted by molar-refractivity contribution is 7.12. The Morgan fingerprint density at radius 1 is 1.21 bits per heavy atom. The lowest BCUT2D eigenvalue weighted by molar-refractivity contribution is -0.00455. The Bertz CT molecular complexity index is 1080. The first kappa shape index (κ1) is 17.5. The predicted molar refractivity (Wildman–Crippen MR) is 111 cm³/mol. The number of hydrazone groups is 1. The third-order valence-electron chi connectivity index (χ3n) is 5.12. The zero-order valence-corrected chi connectivity index (χ0v) is 16.7. The molecule has 0 fully saturated rings. The molecule has 0 radical (unpaired) electrons. The second-order valence-corrected chi connectivity index (χ2v) is 8.39. The Labute approximate surface area is 172 Å². The van der Waals surface area contributed by atoms with Crippen LogP contribution in [0.4, 0.5) is 0 Å². The Morgan fingerprint density at radius 3 is 2.79 bits per heavy atom. The van der Waals surface area contributed by atoms with Crippen molar-refractivity contribution >= 4 is 34.4 Å². The third kappa shape index (κ3) is 2.91. The van der Waals surface area contributed by atoms with Gasteiger partial charge in [0.1, 0.15) is 5.75 Å². The van der Waals surface area contributed by atoms with Crippen LogP contribution >= 0.6 is 22.9 Å². The zero-order chi connectivity index (χ0) is 19.3. The van der Waals surface area contributed by atoms with Crippen LogP contribution in [0.5, 0.6) is 5.75 Å². The number of fused-ring (bicyclic) bond motifs is 3. The second-order valence-electron chi connectivity index (χ2n) is 7.01. The van der Waals surface area contributed by atoms with Gasteiger partial charge in [-0.3, -0.25) is 4.79 Å². The molecule has 3 aromatic rings. The zero-order valence-electron chi connectivity index (χ0n) is 15.1. The van der Waals surface area contributed by atoms with Gasteiger partial charge in [-0.15, -0.1) is 11.3 Å². The summed E-state index contributed by atoms with van der Waals surface area (Å²) in [5.74, 6) is 0.598. The number of nitrogens with zero attached hydrogens (tertiary/aromatic N) is 2. The molecule has 0 aliphatic carbocycles. The largest absolute Gasteiger partial charge is 0.461 e. The monoisotopic (exact) mass is 408 g/mol. The lowest BCUT2D eigenvalue weighted by Crippen LogP contribution is -2.45. The number of hydrogen-bond acceptors (Lipinski definition) is 5. The van der Waals surface area contributed by atoms with Crippen molar-refractivity contribution in [1.82, 2.24) is 5.01 Å². The molecule has 140 valence electrons. The summed E-state index contributed by atoms with van der Waals surface area (Å²) in [5, 5.41) is 9.28. The molecule has 5 rings (SSSR count). The number of benzene rings is 2. The number of ether oxygens (including phenoxy) is 1. The highest BCUT2D eigenvalue weighted by atomic mass is 35.5. The van der Waals surface area contributed by atoms with E-state index in [9.17, 15) is 4.79 Å². The molecular weight excluding hydrogens is 392 g/mol. The summed E-state index contributed by atoms with van der Waals surface area (Å²) in [5.41, 5.74) is 3.67. The fourth-order valence-electron chi connectivity index (χ4n) is 3.68. The molecule has 0 spiro atoms. The number of hydrogen-bond donors (Lipinski definition) is 0. The van der Waals surface area contributed by atoms with Crippen LogP contribution < -0.4 is 4.74 Å². The number of ketones is 1. The summed E-state index contributed by atoms with van der Waals surface area (Å²) in [6.45, 7) is 2.00. The molecule has 2 aromatic carbocycles. The highest BCUT2D eigenvalue weighted by Gasteiger charge is 2.43. The Morgan fingerprint density at radius 2 is 2.04 bits per heavy atom. The van der Waals surface area contributed by atoms with Gasteiger partial charge in [-0.25, -0.2) is 5.01 Å². The van der Waals surface area contributed by atoms with Gasteiger partial charge < -0.3 is 4.74 Å². The molecule has 0 saturated heterocycles. The molecular formula is C22H17ClN2O2S. The number of thiophene rings is 1. The van der Waals surface area contributed by atoms with Crippen LogP contribution in [0.25, 0.3) is 0 Å². The number of Topliss-reactive ketones (excluding diaryl/α,β-unsaturated/α-hetero) is 1. The summed E-state index contributed by atoms with van der Waals surface area (Å²) in [6, 6.07) is 17.1. The molecule has 0 unspecified atom stereocenters. The van der Waals surface area contributed by atoms with E-state index in [1.807, 2.05) is 54.8 Å². The van der Waals surface area contributed by atoms with Gasteiger partial charge in [0.25, 0.3) is 6.23 Å². The van der Waals surface area contributed by atoms with E-state index in [0.717, 1.165) is 28.1 Å². The molecule has 4 nitrogen and oxygen atoms in total. The summed E-state index contributed by atoms with van der Waals surface area (Å²) >= 11 is 7.88. The van der Waals surface area contributed by atoms with Crippen LogP contribution in [0.1, 0.15) is 38.8 Å². The first-order valence-corrected chi connectivity index (χ1v) is 10.3. The average molecular weight is 409 g/mol. The third-order valence-corrected chi connectivity index (χ3v) is 6.27. The molecule has 0 bridgehead atoms. The van der Waals surface area contributed by atoms with Gasteiger partial charge in [0.15, 0.2) is 0 Å². The minimum absolute atomic E-state index is 0.0704. The maximum Gasteiger partial charge on any atom is 0.251 e. The normalized spacial score (nSPS) is 20.2. The number of halogens is 1. The molecule has 1 aromatic heterocycles. The van der Waals surface area contributed by atoms with Gasteiger partial charge in [-0.05, 0) is 36.6 Å². The van der Waals surface area contributed by atoms with Gasteiger partial charge in [-0.1, -0.05) is 47.5 Å². The average Bonchev–Trinajstić information content (AvgIpc) is 3.37. The van der Waals surface area contributed by atoms with Crippen LogP contribution in [-0.4, -0.2) is 22.7 Å². The lowest BCUT2D eigenvalue weighted by atomic mass is 9.97. The predicted octanol–water partition coefficient (Wildman–Crippen LogP) is 5.46. The fourth-order valence-corrected chi connectivity index (χ4v) is 4.58. The van der Waals surface area contributed by atoms with Crippen LogP contribution in [0.3, 0.4) is 0 Å². The first-order chi connectivity index (χ1) is 13.6. The summed E-state index contributed by atoms with van der Waals surface area (Å²) in [6.07, 6.45) is -0.0756. The quantitative estimate of drug-likeness (QED) is 0.540. The van der Waals surface area contributed by atoms with E-state index < -0.39 is 6.23 Å². The van der Waals surface area contributed by atoms with E-state index in [-0.39, 0.29) is 11.8 Å². The fraction of sp³-hybridized carbons (Fsp3) is 0.182. The number of carbonyl (C=O) groups excluding carboxylic acids is 1. The molecule has 0 amide bonds. The van der Waals surface area contributed by atoms with Crippen LogP contribution in [-0.2, 0) is 0 Å². The molecule has 2 aliphatic heterocycles. The molecule has 2 aliphatic rings. The van der Waals surface area contributed by atoms with Gasteiger partial charge in [0.2, 0.25) is 5.78 Å². The Kier molecular flexibility index (Phi) is 4.22. The lowest BCUT2D eigenvalue weighted by Gasteiger charge is -2.37. The standard InChI is InChI=1S/C22H17ClN2O2S/c1-13-4-6-14(7-5-13)21(26)22-25-18(12-17(24-25)20-3-2-10-28-20)16-11-15(23)8-9-19(16)27-22/h2-11,18,22H,12H2,1H3/t18-,22+/m1/s1. The maximum atomic E-state index is 13.3. The molecule has 28 heavy (non-hydrogen) atoms. The van der Waals surface area contributed by atoms with E-state index >= 15 is 0 Å². The Hall–Kier alpha value is -2.63. The van der Waals surface area contributed by atoms with Crippen molar-refractivity contribution in [2.24, 2.45) is 5.10 Å². The maximum absolute atomic E-state index is 13.3. The SMILES string of the molecule is Cc1ccc(C(=O)[C@@H]2Oc3ccc(Cl)cc3[C@H]3CC(c4cccs4)=NN32)cc1. The molecule has 0 N–H and O–H groups in total. The van der Waals surface area contributed by atoms with Crippen molar-refractivity contribution in [3.05, 3.63) is 86.6 Å². The van der Waals surface area contributed by atoms with Gasteiger partial charge in [-0.2, -0.15) is 5.10 Å². The summed E-state index contributed by atoms with van der Waals surface area (Å²) < 4.78 is 6.13. The number of rotatable bonds is 3. The summed E-state index contributed by atoms with van der Waals surface area (Å²) in [7, 11) is 0. The van der Waals surface area contributed by atoms with Gasteiger partial charge in [0.05, 0.1) is 16.6 Å². The van der Waals surface area contributed by atoms with E-state index in [1.165, 1.54) is 0 Å². The van der Waals surface area contributed by atoms with E-state index in [0.29, 0.717) is 16.3 Å². The number of aryl methyl sites for hydroxylation is 1. The minimum Gasteiger partial charge on any atom is -0.461 e. The van der Waals surface area contributed by atoms with E-state index in [4.69, 9.17) is 21.4 Å². The van der Waals surface area contributed by atoms with Gasteiger partial charge >= 0.3 is 0 Å². The second kappa shape index (κ2) is 6.76. The van der Waals surface area contributed by atoms with Crippen molar-refractivity contribution in [3.8, 4) is 5.75 Å². The van der Waals surface area contributed by atoms with Gasteiger partial charge in [0, 0.05) is 22.6 Å². The molecule has 2 atom stereocenters. The Balaban J connectivity index is 1.57. The van der Waals surface area contributed by atoms with Crippen molar-refractivity contribution < 1.29 is 9.53 Å². The minimum atomic E-state index is -0.793. The van der Waals surface area contributed by atoms with E-state index in [1.54, 1.807) is 22.4 Å². The van der Waals surface area contributed by atoms with Crippen LogP contribution in [0.15, 0.2) is 65.1 Å². The van der Waals surface area contributed by atoms with Crippen molar-refractivity contribution in [1.29, 1.82) is 0 Å². The smallest absolute Gasteiger partial charge is 0.251 e. The van der Waals surface area contributed by atoms with Crippen LogP contribution in [0, 0.1) is 6.92 Å². The number of carbonyl (C=O) groups is 1. The van der Waals surface area contributed by atoms with Crippen molar-refractivity contribution in [2.45, 2.75) is 25.6 Å². The highest BCUT2D eigenvalue weighted by Crippen LogP contribution is 2.44. The van der Waals surface area contributed by atoms with Crippen molar-refractivity contribution in [2.75, 3.05) is 0 Å². The van der Waals surface area contributed by atoms with Crippen molar-refractivity contribution in [3.63, 3.8) is 0 Å². The molecule has 6 heteroatoms.